The Morgan fingerprint density at radius 2 is 2.00 bits per heavy atom. The summed E-state index contributed by atoms with van der Waals surface area (Å²) in [5, 5.41) is 4.23. The van der Waals surface area contributed by atoms with Crippen molar-refractivity contribution < 1.29 is 4.74 Å². The summed E-state index contributed by atoms with van der Waals surface area (Å²) in [5.41, 5.74) is 2.33. The first kappa shape index (κ1) is 15.4. The van der Waals surface area contributed by atoms with E-state index in [0.29, 0.717) is 0 Å². The van der Waals surface area contributed by atoms with E-state index in [2.05, 4.69) is 34.2 Å². The number of para-hydroxylation sites is 1. The Morgan fingerprint density at radius 1 is 1.25 bits per heavy atom. The molecule has 0 heterocycles. The maximum absolute atomic E-state index is 5.95. The number of benzene rings is 2. The normalized spacial score (nSPS) is 12.2. The van der Waals surface area contributed by atoms with Gasteiger partial charge in [0.25, 0.3) is 0 Å². The third-order valence-corrected chi connectivity index (χ3v) is 4.19. The smallest absolute Gasteiger partial charge is 0.123 e. The Kier molecular flexibility index (Phi) is 5.46. The minimum absolute atomic E-state index is 0.203. The topological polar surface area (TPSA) is 21.3 Å². The summed E-state index contributed by atoms with van der Waals surface area (Å²) in [6, 6.07) is 14.1. The summed E-state index contributed by atoms with van der Waals surface area (Å²) in [6.07, 6.45) is 0. The van der Waals surface area contributed by atoms with E-state index in [1.54, 1.807) is 7.11 Å². The zero-order chi connectivity index (χ0) is 14.5. The van der Waals surface area contributed by atoms with Crippen LogP contribution >= 0.6 is 27.5 Å². The molecule has 0 radical (unpaired) electrons. The lowest BCUT2D eigenvalue weighted by atomic mass is 10.1. The molecule has 2 aromatic carbocycles. The molecule has 106 valence electrons. The quantitative estimate of drug-likeness (QED) is 0.819. The second-order valence-corrected chi connectivity index (χ2v) is 5.87. The molecule has 20 heavy (non-hydrogen) atoms. The fraction of sp³-hybridized carbons (Fsp3) is 0.250. The molecule has 0 aromatic heterocycles. The van der Waals surface area contributed by atoms with Gasteiger partial charge in [0.05, 0.1) is 7.11 Å². The van der Waals surface area contributed by atoms with Crippen LogP contribution in [-0.2, 0) is 6.54 Å². The van der Waals surface area contributed by atoms with Gasteiger partial charge in [-0.15, -0.1) is 0 Å². The Labute approximate surface area is 133 Å². The molecule has 0 amide bonds. The van der Waals surface area contributed by atoms with E-state index in [1.807, 2.05) is 36.4 Å². The number of rotatable bonds is 5. The van der Waals surface area contributed by atoms with E-state index >= 15 is 0 Å². The fourth-order valence-corrected chi connectivity index (χ4v) is 2.89. The van der Waals surface area contributed by atoms with Crippen LogP contribution in [0.15, 0.2) is 46.9 Å². The molecule has 0 aliphatic carbocycles. The molecular weight excluding hydrogens is 338 g/mol. The highest BCUT2D eigenvalue weighted by Gasteiger charge is 2.10. The van der Waals surface area contributed by atoms with Gasteiger partial charge in [-0.2, -0.15) is 0 Å². The van der Waals surface area contributed by atoms with Crippen molar-refractivity contribution >= 4 is 27.5 Å². The van der Waals surface area contributed by atoms with Crippen LogP contribution < -0.4 is 10.1 Å². The van der Waals surface area contributed by atoms with Crippen LogP contribution in [0, 0.1) is 0 Å². The Morgan fingerprint density at radius 3 is 2.70 bits per heavy atom. The van der Waals surface area contributed by atoms with E-state index in [0.717, 1.165) is 27.4 Å². The molecular formula is C16H17BrClNO. The van der Waals surface area contributed by atoms with Crippen molar-refractivity contribution in [3.63, 3.8) is 0 Å². The molecule has 0 spiro atoms. The van der Waals surface area contributed by atoms with E-state index in [4.69, 9.17) is 16.3 Å². The van der Waals surface area contributed by atoms with Crippen LogP contribution in [0.25, 0.3) is 0 Å². The van der Waals surface area contributed by atoms with Gasteiger partial charge in [-0.25, -0.2) is 0 Å². The summed E-state index contributed by atoms with van der Waals surface area (Å²) in [6.45, 7) is 2.89. The molecule has 1 atom stereocenters. The van der Waals surface area contributed by atoms with Crippen LogP contribution in [0.3, 0.4) is 0 Å². The number of halogens is 2. The largest absolute Gasteiger partial charge is 0.496 e. The standard InChI is InChI=1S/C16H17BrClNO/c1-11(14-5-3-4-6-16(14)20-2)19-10-12-7-8-13(18)9-15(12)17/h3-9,11,19H,10H2,1-2H3/t11-/m1/s1. The molecule has 2 nitrogen and oxygen atoms in total. The highest BCUT2D eigenvalue weighted by Crippen LogP contribution is 2.26. The van der Waals surface area contributed by atoms with Crippen molar-refractivity contribution in [1.82, 2.24) is 5.32 Å². The van der Waals surface area contributed by atoms with Crippen molar-refractivity contribution in [3.05, 3.63) is 63.1 Å². The van der Waals surface area contributed by atoms with E-state index in [-0.39, 0.29) is 6.04 Å². The monoisotopic (exact) mass is 353 g/mol. The molecule has 2 rings (SSSR count). The first-order valence-corrected chi connectivity index (χ1v) is 7.59. The van der Waals surface area contributed by atoms with Crippen LogP contribution in [0.2, 0.25) is 5.02 Å². The van der Waals surface area contributed by atoms with Gasteiger partial charge >= 0.3 is 0 Å². The number of nitrogens with one attached hydrogen (secondary N) is 1. The van der Waals surface area contributed by atoms with Crippen molar-refractivity contribution in [3.8, 4) is 5.75 Å². The zero-order valence-electron chi connectivity index (χ0n) is 11.5. The number of hydrogen-bond donors (Lipinski definition) is 1. The molecule has 0 fully saturated rings. The van der Waals surface area contributed by atoms with Crippen molar-refractivity contribution in [2.45, 2.75) is 19.5 Å². The van der Waals surface area contributed by atoms with Gasteiger partial charge in [0.2, 0.25) is 0 Å². The molecule has 1 N–H and O–H groups in total. The minimum Gasteiger partial charge on any atom is -0.496 e. The highest BCUT2D eigenvalue weighted by molar-refractivity contribution is 9.10. The van der Waals surface area contributed by atoms with Crippen LogP contribution in [0.4, 0.5) is 0 Å². The maximum Gasteiger partial charge on any atom is 0.123 e. The van der Waals surface area contributed by atoms with Crippen molar-refractivity contribution in [2.24, 2.45) is 0 Å². The second kappa shape index (κ2) is 7.11. The minimum atomic E-state index is 0.203. The molecule has 0 aliphatic rings. The predicted octanol–water partition coefficient (Wildman–Crippen LogP) is 4.96. The van der Waals surface area contributed by atoms with Gasteiger partial charge in [-0.05, 0) is 30.7 Å². The van der Waals surface area contributed by atoms with Gasteiger partial charge in [-0.3, -0.25) is 0 Å². The van der Waals surface area contributed by atoms with Gasteiger partial charge in [0, 0.05) is 27.6 Å². The maximum atomic E-state index is 5.95. The lowest BCUT2D eigenvalue weighted by Crippen LogP contribution is -2.18. The van der Waals surface area contributed by atoms with E-state index < -0.39 is 0 Å². The number of methoxy groups -OCH3 is 1. The van der Waals surface area contributed by atoms with Gasteiger partial charge < -0.3 is 10.1 Å². The summed E-state index contributed by atoms with van der Waals surface area (Å²) in [5.74, 6) is 0.905. The highest BCUT2D eigenvalue weighted by atomic mass is 79.9. The lowest BCUT2D eigenvalue weighted by Gasteiger charge is -2.17. The van der Waals surface area contributed by atoms with Gasteiger partial charge in [0.1, 0.15) is 5.75 Å². The number of ether oxygens (including phenoxy) is 1. The summed E-state index contributed by atoms with van der Waals surface area (Å²) in [7, 11) is 1.70. The zero-order valence-corrected chi connectivity index (χ0v) is 13.8. The number of hydrogen-bond acceptors (Lipinski definition) is 2. The molecule has 0 saturated heterocycles. The summed E-state index contributed by atoms with van der Waals surface area (Å²) in [4.78, 5) is 0. The third kappa shape index (κ3) is 3.75. The van der Waals surface area contributed by atoms with E-state index in [9.17, 15) is 0 Å². The molecule has 0 aliphatic heterocycles. The first-order chi connectivity index (χ1) is 9.61. The molecule has 4 heteroatoms. The van der Waals surface area contributed by atoms with Crippen LogP contribution in [0.5, 0.6) is 5.75 Å². The average molecular weight is 355 g/mol. The van der Waals surface area contributed by atoms with Crippen molar-refractivity contribution in [1.29, 1.82) is 0 Å². The summed E-state index contributed by atoms with van der Waals surface area (Å²) >= 11 is 9.48. The molecule has 0 unspecified atom stereocenters. The van der Waals surface area contributed by atoms with Crippen LogP contribution in [0.1, 0.15) is 24.1 Å². The molecule has 2 aromatic rings. The molecule has 0 saturated carbocycles. The first-order valence-electron chi connectivity index (χ1n) is 6.42. The summed E-state index contributed by atoms with van der Waals surface area (Å²) < 4.78 is 6.41. The van der Waals surface area contributed by atoms with Gasteiger partial charge in [-0.1, -0.05) is 51.8 Å². The van der Waals surface area contributed by atoms with Gasteiger partial charge in [0.15, 0.2) is 0 Å². The Balaban J connectivity index is 2.06. The Hall–Kier alpha value is -1.03. The Bertz CT molecular complexity index is 588. The predicted molar refractivity (Wildman–Crippen MR) is 87.4 cm³/mol. The van der Waals surface area contributed by atoms with Crippen LogP contribution in [-0.4, -0.2) is 7.11 Å². The third-order valence-electron chi connectivity index (χ3n) is 3.22. The fourth-order valence-electron chi connectivity index (χ4n) is 2.06. The van der Waals surface area contributed by atoms with E-state index in [1.165, 1.54) is 5.56 Å². The second-order valence-electron chi connectivity index (χ2n) is 4.58. The SMILES string of the molecule is COc1ccccc1[C@@H](C)NCc1ccc(Cl)cc1Br. The average Bonchev–Trinajstić information content (AvgIpc) is 2.46. The lowest BCUT2D eigenvalue weighted by molar-refractivity contribution is 0.401. The van der Waals surface area contributed by atoms with Crippen molar-refractivity contribution in [2.75, 3.05) is 7.11 Å². The molecule has 0 bridgehead atoms.